The molecule has 1 saturated heterocycles. The molecule has 0 radical (unpaired) electrons. The fourth-order valence-electron chi connectivity index (χ4n) is 2.80. The van der Waals surface area contributed by atoms with Crippen LogP contribution in [0.25, 0.3) is 0 Å². The maximum absolute atomic E-state index is 12.3. The number of nitrogens with zero attached hydrogens (tertiary/aromatic N) is 4. The van der Waals surface area contributed by atoms with E-state index in [2.05, 4.69) is 10.1 Å². The van der Waals surface area contributed by atoms with Crippen molar-refractivity contribution in [3.63, 3.8) is 0 Å². The Hall–Kier alpha value is -1.44. The van der Waals surface area contributed by atoms with Gasteiger partial charge in [-0.3, -0.25) is 4.79 Å². The van der Waals surface area contributed by atoms with E-state index in [0.29, 0.717) is 13.1 Å². The molecule has 1 unspecified atom stereocenters. The van der Waals surface area contributed by atoms with Gasteiger partial charge in [0.15, 0.2) is 9.84 Å². The first-order valence-corrected chi connectivity index (χ1v) is 9.52. The minimum Gasteiger partial charge on any atom is -0.341 e. The van der Waals surface area contributed by atoms with Crippen molar-refractivity contribution in [3.8, 4) is 0 Å². The summed E-state index contributed by atoms with van der Waals surface area (Å²) in [6.45, 7) is 5.00. The van der Waals surface area contributed by atoms with Crippen molar-refractivity contribution in [2.24, 2.45) is 5.92 Å². The van der Waals surface area contributed by atoms with Crippen LogP contribution in [-0.2, 0) is 14.6 Å². The third-order valence-corrected chi connectivity index (χ3v) is 5.77. The van der Waals surface area contributed by atoms with Crippen molar-refractivity contribution < 1.29 is 13.2 Å². The second-order valence-corrected chi connectivity index (χ2v) is 8.50. The van der Waals surface area contributed by atoms with E-state index in [1.54, 1.807) is 15.9 Å². The lowest BCUT2D eigenvalue weighted by molar-refractivity contribution is -0.132. The van der Waals surface area contributed by atoms with Gasteiger partial charge < -0.3 is 4.90 Å². The average molecular weight is 328 g/mol. The SMILES string of the molecule is CC(C)CS(=O)(=O)CCC(=O)N1CCCC(n2cncn2)C1. The molecule has 1 aromatic rings. The molecule has 1 amide bonds. The molecule has 1 atom stereocenters. The van der Waals surface area contributed by atoms with E-state index >= 15 is 0 Å². The van der Waals surface area contributed by atoms with Gasteiger partial charge in [0.1, 0.15) is 12.7 Å². The zero-order valence-electron chi connectivity index (χ0n) is 13.2. The molecule has 0 N–H and O–H groups in total. The Labute approximate surface area is 131 Å². The molecule has 7 nitrogen and oxygen atoms in total. The normalized spacial score (nSPS) is 19.6. The largest absolute Gasteiger partial charge is 0.341 e. The van der Waals surface area contributed by atoms with Crippen molar-refractivity contribution >= 4 is 15.7 Å². The number of sulfone groups is 1. The monoisotopic (exact) mass is 328 g/mol. The highest BCUT2D eigenvalue weighted by Crippen LogP contribution is 2.20. The molecule has 0 saturated carbocycles. The fourth-order valence-corrected chi connectivity index (χ4v) is 4.46. The number of likely N-dealkylation sites (tertiary alicyclic amines) is 1. The second kappa shape index (κ2) is 7.21. The van der Waals surface area contributed by atoms with E-state index in [0.717, 1.165) is 12.8 Å². The third-order valence-electron chi connectivity index (χ3n) is 3.77. The van der Waals surface area contributed by atoms with Gasteiger partial charge in [-0.05, 0) is 18.8 Å². The van der Waals surface area contributed by atoms with Crippen LogP contribution >= 0.6 is 0 Å². The van der Waals surface area contributed by atoms with Crippen LogP contribution in [0.1, 0.15) is 39.2 Å². The smallest absolute Gasteiger partial charge is 0.223 e. The zero-order valence-corrected chi connectivity index (χ0v) is 14.0. The van der Waals surface area contributed by atoms with Gasteiger partial charge in [-0.1, -0.05) is 13.8 Å². The van der Waals surface area contributed by atoms with Crippen LogP contribution in [0.4, 0.5) is 0 Å². The molecule has 0 spiro atoms. The van der Waals surface area contributed by atoms with Crippen molar-refractivity contribution in [1.29, 1.82) is 0 Å². The van der Waals surface area contributed by atoms with Crippen LogP contribution in [0.2, 0.25) is 0 Å². The molecule has 124 valence electrons. The first kappa shape index (κ1) is 16.9. The van der Waals surface area contributed by atoms with Gasteiger partial charge >= 0.3 is 0 Å². The number of carbonyl (C=O) groups excluding carboxylic acids is 1. The van der Waals surface area contributed by atoms with E-state index in [9.17, 15) is 13.2 Å². The molecule has 8 heteroatoms. The Balaban J connectivity index is 1.87. The summed E-state index contributed by atoms with van der Waals surface area (Å²) in [6.07, 6.45) is 5.07. The number of carbonyl (C=O) groups is 1. The summed E-state index contributed by atoms with van der Waals surface area (Å²) in [5.74, 6) is 0.0834. The molecule has 22 heavy (non-hydrogen) atoms. The molecule has 0 aromatic carbocycles. The molecule has 1 aliphatic heterocycles. The van der Waals surface area contributed by atoms with Gasteiger partial charge in [0.05, 0.1) is 17.5 Å². The first-order chi connectivity index (χ1) is 10.4. The summed E-state index contributed by atoms with van der Waals surface area (Å²) in [5, 5.41) is 4.12. The molecule has 0 aliphatic carbocycles. The number of rotatable bonds is 6. The number of hydrogen-bond acceptors (Lipinski definition) is 5. The minimum absolute atomic E-state index is 0.0610. The summed E-state index contributed by atoms with van der Waals surface area (Å²) in [6, 6.07) is 0.132. The third kappa shape index (κ3) is 4.79. The van der Waals surface area contributed by atoms with Gasteiger partial charge in [-0.15, -0.1) is 0 Å². The Morgan fingerprint density at radius 3 is 2.82 bits per heavy atom. The Morgan fingerprint density at radius 2 is 2.18 bits per heavy atom. The number of piperidine rings is 1. The van der Waals surface area contributed by atoms with Crippen LogP contribution in [0, 0.1) is 5.92 Å². The highest BCUT2D eigenvalue weighted by atomic mass is 32.2. The Kier molecular flexibility index (Phi) is 5.55. The molecule has 2 heterocycles. The van der Waals surface area contributed by atoms with Gasteiger partial charge in [-0.2, -0.15) is 5.10 Å². The van der Waals surface area contributed by atoms with Crippen molar-refractivity contribution in [3.05, 3.63) is 12.7 Å². The highest BCUT2D eigenvalue weighted by molar-refractivity contribution is 7.91. The second-order valence-electron chi connectivity index (χ2n) is 6.27. The number of amides is 1. The van der Waals surface area contributed by atoms with Crippen LogP contribution in [0.3, 0.4) is 0 Å². The number of hydrogen-bond donors (Lipinski definition) is 0. The van der Waals surface area contributed by atoms with E-state index in [1.165, 1.54) is 6.33 Å². The van der Waals surface area contributed by atoms with Gasteiger partial charge in [-0.25, -0.2) is 18.1 Å². The molecule has 1 aromatic heterocycles. The Morgan fingerprint density at radius 1 is 1.41 bits per heavy atom. The zero-order chi connectivity index (χ0) is 16.2. The van der Waals surface area contributed by atoms with Crippen molar-refractivity contribution in [1.82, 2.24) is 19.7 Å². The summed E-state index contributed by atoms with van der Waals surface area (Å²) in [5.41, 5.74) is 0. The van der Waals surface area contributed by atoms with Crippen LogP contribution < -0.4 is 0 Å². The van der Waals surface area contributed by atoms with Crippen LogP contribution in [-0.4, -0.2) is 58.6 Å². The average Bonchev–Trinajstić information content (AvgIpc) is 2.98. The predicted octanol–water partition coefficient (Wildman–Crippen LogP) is 0.902. The fraction of sp³-hybridized carbons (Fsp3) is 0.786. The molecular formula is C14H24N4O3S. The van der Waals surface area contributed by atoms with Crippen LogP contribution in [0.5, 0.6) is 0 Å². The lowest BCUT2D eigenvalue weighted by atomic mass is 10.1. The van der Waals surface area contributed by atoms with E-state index < -0.39 is 9.84 Å². The molecule has 1 fully saturated rings. The van der Waals surface area contributed by atoms with Crippen molar-refractivity contribution in [2.75, 3.05) is 24.6 Å². The maximum Gasteiger partial charge on any atom is 0.223 e. The highest BCUT2D eigenvalue weighted by Gasteiger charge is 2.26. The Bertz CT molecular complexity index is 583. The van der Waals surface area contributed by atoms with Gasteiger partial charge in [0.2, 0.25) is 5.91 Å². The summed E-state index contributed by atoms with van der Waals surface area (Å²) >= 11 is 0. The molecule has 2 rings (SSSR count). The van der Waals surface area contributed by atoms with Crippen molar-refractivity contribution in [2.45, 2.75) is 39.2 Å². The van der Waals surface area contributed by atoms with E-state index in [1.807, 2.05) is 13.8 Å². The topological polar surface area (TPSA) is 85.2 Å². The quantitative estimate of drug-likeness (QED) is 0.774. The van der Waals surface area contributed by atoms with Gasteiger partial charge in [0, 0.05) is 19.5 Å². The molecule has 0 bridgehead atoms. The van der Waals surface area contributed by atoms with Crippen LogP contribution in [0.15, 0.2) is 12.7 Å². The summed E-state index contributed by atoms with van der Waals surface area (Å²) < 4.78 is 25.5. The summed E-state index contributed by atoms with van der Waals surface area (Å²) in [4.78, 5) is 17.9. The standard InChI is InChI=1S/C14H24N4O3S/c1-12(2)9-22(20,21)7-5-14(19)17-6-3-4-13(8-17)18-11-15-10-16-18/h10-13H,3-9H2,1-2H3. The van der Waals surface area contributed by atoms with Gasteiger partial charge in [0.25, 0.3) is 0 Å². The lowest BCUT2D eigenvalue weighted by Crippen LogP contribution is -2.41. The number of aromatic nitrogens is 3. The lowest BCUT2D eigenvalue weighted by Gasteiger charge is -2.32. The van der Waals surface area contributed by atoms with E-state index in [-0.39, 0.29) is 35.8 Å². The minimum atomic E-state index is -3.15. The predicted molar refractivity (Wildman–Crippen MR) is 83.0 cm³/mol. The molecular weight excluding hydrogens is 304 g/mol. The van der Waals surface area contributed by atoms with E-state index in [4.69, 9.17) is 0 Å². The first-order valence-electron chi connectivity index (χ1n) is 7.69. The summed E-state index contributed by atoms with van der Waals surface area (Å²) in [7, 11) is -3.15. The molecule has 1 aliphatic rings. The maximum atomic E-state index is 12.3.